The van der Waals surface area contributed by atoms with Gasteiger partial charge in [-0.25, -0.2) is 19.3 Å². The second kappa shape index (κ2) is 6.83. The van der Waals surface area contributed by atoms with E-state index in [0.29, 0.717) is 16.5 Å². The highest BCUT2D eigenvalue weighted by Crippen LogP contribution is 2.25. The van der Waals surface area contributed by atoms with Crippen molar-refractivity contribution in [3.05, 3.63) is 63.3 Å². The molecule has 3 heterocycles. The molecular formula is C20H18ClN5O2. The molecule has 4 aromatic rings. The Labute approximate surface area is 166 Å². The molecular weight excluding hydrogens is 378 g/mol. The maximum absolute atomic E-state index is 12.4. The zero-order valence-electron chi connectivity index (χ0n) is 15.9. The number of benzene rings is 1. The zero-order chi connectivity index (χ0) is 20.0. The van der Waals surface area contributed by atoms with Gasteiger partial charge in [-0.2, -0.15) is 4.98 Å². The number of hydrogen-bond acceptors (Lipinski definition) is 6. The lowest BCUT2D eigenvalue weighted by Crippen LogP contribution is -2.08. The molecule has 142 valence electrons. The van der Waals surface area contributed by atoms with Gasteiger partial charge in [-0.15, -0.1) is 5.10 Å². The second-order valence-electron chi connectivity index (χ2n) is 6.78. The first-order chi connectivity index (χ1) is 13.3. The first kappa shape index (κ1) is 18.3. The van der Waals surface area contributed by atoms with Gasteiger partial charge in [0.2, 0.25) is 0 Å². The van der Waals surface area contributed by atoms with E-state index in [1.54, 1.807) is 0 Å². The first-order valence-corrected chi connectivity index (χ1v) is 9.15. The van der Waals surface area contributed by atoms with E-state index in [4.69, 9.17) is 16.3 Å². The van der Waals surface area contributed by atoms with E-state index < -0.39 is 5.97 Å². The topological polar surface area (TPSA) is 82.3 Å². The Morgan fingerprint density at radius 3 is 2.68 bits per heavy atom. The third kappa shape index (κ3) is 3.18. The molecule has 0 aliphatic carbocycles. The van der Waals surface area contributed by atoms with Crippen molar-refractivity contribution in [3.63, 3.8) is 0 Å². The van der Waals surface area contributed by atoms with Crippen LogP contribution in [0.2, 0.25) is 5.15 Å². The van der Waals surface area contributed by atoms with Crippen LogP contribution in [-0.2, 0) is 11.3 Å². The van der Waals surface area contributed by atoms with Gasteiger partial charge in [0.15, 0.2) is 0 Å². The van der Waals surface area contributed by atoms with Crippen LogP contribution in [-0.4, -0.2) is 30.5 Å². The van der Waals surface area contributed by atoms with Gasteiger partial charge in [-0.3, -0.25) is 0 Å². The SMILES string of the molecule is Cc1cc(C)n2nc(C(=O)OCc3cc4ccc(C)c(C)c4nc3Cl)nc2n1. The Balaban J connectivity index is 1.59. The Kier molecular flexibility index (Phi) is 4.47. The molecule has 0 spiro atoms. The number of halogens is 1. The predicted octanol–water partition coefficient (Wildman–Crippen LogP) is 3.92. The lowest BCUT2D eigenvalue weighted by molar-refractivity contribution is 0.0458. The van der Waals surface area contributed by atoms with Crippen LogP contribution in [0.4, 0.5) is 0 Å². The van der Waals surface area contributed by atoms with Crippen LogP contribution in [0.5, 0.6) is 0 Å². The van der Waals surface area contributed by atoms with Crippen LogP contribution in [0.3, 0.4) is 0 Å². The summed E-state index contributed by atoms with van der Waals surface area (Å²) < 4.78 is 6.88. The summed E-state index contributed by atoms with van der Waals surface area (Å²) >= 11 is 6.31. The summed E-state index contributed by atoms with van der Waals surface area (Å²) in [6.07, 6.45) is 0. The molecule has 0 aliphatic heterocycles. The Bertz CT molecular complexity index is 1250. The highest BCUT2D eigenvalue weighted by atomic mass is 35.5. The van der Waals surface area contributed by atoms with Gasteiger partial charge < -0.3 is 4.74 Å². The summed E-state index contributed by atoms with van der Waals surface area (Å²) in [5, 5.41) is 5.43. The first-order valence-electron chi connectivity index (χ1n) is 8.77. The molecule has 0 saturated heterocycles. The number of ether oxygens (including phenoxy) is 1. The summed E-state index contributed by atoms with van der Waals surface area (Å²) in [4.78, 5) is 25.3. The van der Waals surface area contributed by atoms with Crippen molar-refractivity contribution in [2.24, 2.45) is 0 Å². The summed E-state index contributed by atoms with van der Waals surface area (Å²) in [5.41, 5.74) is 5.33. The lowest BCUT2D eigenvalue weighted by atomic mass is 10.0. The van der Waals surface area contributed by atoms with Crippen molar-refractivity contribution in [3.8, 4) is 0 Å². The molecule has 0 radical (unpaired) electrons. The molecule has 0 aliphatic rings. The third-order valence-corrected chi connectivity index (χ3v) is 5.02. The van der Waals surface area contributed by atoms with Crippen molar-refractivity contribution in [2.75, 3.05) is 0 Å². The maximum Gasteiger partial charge on any atom is 0.378 e. The summed E-state index contributed by atoms with van der Waals surface area (Å²) in [7, 11) is 0. The summed E-state index contributed by atoms with van der Waals surface area (Å²) in [6, 6.07) is 7.76. The fraction of sp³-hybridized carbons (Fsp3) is 0.250. The minimum atomic E-state index is -0.640. The fourth-order valence-corrected chi connectivity index (χ4v) is 3.26. The molecule has 0 atom stereocenters. The van der Waals surface area contributed by atoms with Gasteiger partial charge in [0.25, 0.3) is 11.6 Å². The van der Waals surface area contributed by atoms with Crippen LogP contribution in [0.25, 0.3) is 16.7 Å². The van der Waals surface area contributed by atoms with E-state index in [1.807, 2.05) is 52.0 Å². The normalized spacial score (nSPS) is 11.3. The van der Waals surface area contributed by atoms with E-state index in [1.165, 1.54) is 4.52 Å². The number of esters is 1. The molecule has 4 rings (SSSR count). The molecule has 7 nitrogen and oxygen atoms in total. The van der Waals surface area contributed by atoms with Crippen molar-refractivity contribution in [1.82, 2.24) is 24.6 Å². The number of fused-ring (bicyclic) bond motifs is 2. The predicted molar refractivity (Wildman–Crippen MR) is 106 cm³/mol. The molecule has 3 aromatic heterocycles. The number of aryl methyl sites for hydroxylation is 4. The Morgan fingerprint density at radius 1 is 1.11 bits per heavy atom. The van der Waals surface area contributed by atoms with E-state index >= 15 is 0 Å². The van der Waals surface area contributed by atoms with Crippen molar-refractivity contribution in [1.29, 1.82) is 0 Å². The van der Waals surface area contributed by atoms with Gasteiger partial charge >= 0.3 is 5.97 Å². The molecule has 0 saturated carbocycles. The Hall–Kier alpha value is -3.06. The standard InChI is InChI=1S/C20H18ClN5O2/c1-10-5-6-14-8-15(17(21)23-16(14)13(10)4)9-28-19(27)18-24-20-22-11(2)7-12(3)26(20)25-18/h5-8H,9H2,1-4H3. The van der Waals surface area contributed by atoms with E-state index in [9.17, 15) is 4.79 Å². The average molecular weight is 396 g/mol. The van der Waals surface area contributed by atoms with Crippen LogP contribution >= 0.6 is 11.6 Å². The number of carbonyl (C=O) groups excluding carboxylic acids is 1. The maximum atomic E-state index is 12.4. The number of hydrogen-bond donors (Lipinski definition) is 0. The number of pyridine rings is 1. The van der Waals surface area contributed by atoms with Crippen molar-refractivity contribution in [2.45, 2.75) is 34.3 Å². The molecule has 0 fully saturated rings. The van der Waals surface area contributed by atoms with Crippen LogP contribution in [0.15, 0.2) is 24.3 Å². The third-order valence-electron chi connectivity index (χ3n) is 4.70. The molecule has 28 heavy (non-hydrogen) atoms. The van der Waals surface area contributed by atoms with Crippen molar-refractivity contribution < 1.29 is 9.53 Å². The molecule has 0 unspecified atom stereocenters. The number of nitrogens with zero attached hydrogens (tertiary/aromatic N) is 5. The van der Waals surface area contributed by atoms with Crippen LogP contribution < -0.4 is 0 Å². The van der Waals surface area contributed by atoms with Crippen LogP contribution in [0, 0.1) is 27.7 Å². The van der Waals surface area contributed by atoms with Gasteiger partial charge in [0.1, 0.15) is 11.8 Å². The highest BCUT2D eigenvalue weighted by molar-refractivity contribution is 6.30. The molecule has 0 bridgehead atoms. The second-order valence-corrected chi connectivity index (χ2v) is 7.14. The number of aromatic nitrogens is 5. The minimum Gasteiger partial charge on any atom is -0.455 e. The van der Waals surface area contributed by atoms with E-state index in [2.05, 4.69) is 20.1 Å². The lowest BCUT2D eigenvalue weighted by Gasteiger charge is -2.09. The molecule has 0 amide bonds. The van der Waals surface area contributed by atoms with Gasteiger partial charge in [0.05, 0.1) is 5.52 Å². The summed E-state index contributed by atoms with van der Waals surface area (Å²) in [6.45, 7) is 7.75. The smallest absolute Gasteiger partial charge is 0.378 e. The van der Waals surface area contributed by atoms with Gasteiger partial charge in [0, 0.05) is 22.3 Å². The van der Waals surface area contributed by atoms with E-state index in [-0.39, 0.29) is 12.4 Å². The molecule has 0 N–H and O–H groups in total. The largest absolute Gasteiger partial charge is 0.455 e. The summed E-state index contributed by atoms with van der Waals surface area (Å²) in [5.74, 6) is -0.322. The monoisotopic (exact) mass is 395 g/mol. The zero-order valence-corrected chi connectivity index (χ0v) is 16.7. The molecule has 1 aromatic carbocycles. The molecule has 8 heteroatoms. The number of carbonyl (C=O) groups is 1. The van der Waals surface area contributed by atoms with Crippen molar-refractivity contribution >= 4 is 34.3 Å². The number of rotatable bonds is 3. The van der Waals surface area contributed by atoms with Gasteiger partial charge in [-0.1, -0.05) is 23.7 Å². The highest BCUT2D eigenvalue weighted by Gasteiger charge is 2.18. The fourth-order valence-electron chi connectivity index (χ4n) is 3.07. The van der Waals surface area contributed by atoms with E-state index in [0.717, 1.165) is 33.4 Å². The van der Waals surface area contributed by atoms with Crippen LogP contribution in [0.1, 0.15) is 38.7 Å². The Morgan fingerprint density at radius 2 is 1.89 bits per heavy atom. The minimum absolute atomic E-state index is 0.0193. The van der Waals surface area contributed by atoms with Gasteiger partial charge in [-0.05, 0) is 51.0 Å². The quantitative estimate of drug-likeness (QED) is 0.386. The average Bonchev–Trinajstić information content (AvgIpc) is 3.08.